The first-order valence-corrected chi connectivity index (χ1v) is 11.9. The molecule has 0 heterocycles. The molecule has 0 spiro atoms. The number of carboxylic acids is 4. The molecule has 4 atom stereocenters. The maximum absolute atomic E-state index is 13.5. The first-order valence-electron chi connectivity index (χ1n) is 11.9. The van der Waals surface area contributed by atoms with Crippen molar-refractivity contribution in [3.8, 4) is 0 Å². The van der Waals surface area contributed by atoms with E-state index in [2.05, 4.69) is 0 Å². The molecule has 4 unspecified atom stereocenters. The number of halogens is 17. The fraction of sp³-hybridized carbons (Fsp3) is 0.818. The molecule has 0 aliphatic heterocycles. The van der Waals surface area contributed by atoms with E-state index in [1.54, 1.807) is 20.8 Å². The van der Waals surface area contributed by atoms with Crippen LogP contribution < -0.4 is 0 Å². The summed E-state index contributed by atoms with van der Waals surface area (Å²) in [6, 6.07) is 0. The van der Waals surface area contributed by atoms with E-state index in [1.807, 2.05) is 0 Å². The number of alkyl halides is 17. The van der Waals surface area contributed by atoms with Crippen LogP contribution in [0.25, 0.3) is 0 Å². The van der Waals surface area contributed by atoms with Crippen molar-refractivity contribution in [3.63, 3.8) is 0 Å². The summed E-state index contributed by atoms with van der Waals surface area (Å²) in [5.74, 6) is -56.5. The largest absolute Gasteiger partial charge is 0.481 e. The van der Waals surface area contributed by atoms with Crippen molar-refractivity contribution in [1.29, 1.82) is 0 Å². The summed E-state index contributed by atoms with van der Waals surface area (Å²) in [5, 5.41) is 31.4. The van der Waals surface area contributed by atoms with Gasteiger partial charge in [-0.15, -0.1) is 0 Å². The third-order valence-corrected chi connectivity index (χ3v) is 4.97. The van der Waals surface area contributed by atoms with Crippen molar-refractivity contribution in [2.24, 2.45) is 5.92 Å². The van der Waals surface area contributed by atoms with E-state index in [4.69, 9.17) is 20.4 Å². The van der Waals surface area contributed by atoms with E-state index in [0.717, 1.165) is 0 Å². The van der Waals surface area contributed by atoms with Gasteiger partial charge in [-0.25, -0.2) is 22.0 Å². The molecule has 0 aromatic carbocycles. The van der Waals surface area contributed by atoms with E-state index in [0.29, 0.717) is 0 Å². The molecule has 0 amide bonds. The maximum Gasteiger partial charge on any atom is 0.384 e. The predicted octanol–water partition coefficient (Wildman–Crippen LogP) is 7.24. The Kier molecular flexibility index (Phi) is 20.3. The molecule has 0 bridgehead atoms. The molecule has 282 valence electrons. The second-order valence-corrected chi connectivity index (χ2v) is 8.49. The van der Waals surface area contributed by atoms with Crippen LogP contribution in [0, 0.1) is 5.92 Å². The van der Waals surface area contributed by atoms with Crippen LogP contribution in [0.2, 0.25) is 0 Å². The quantitative estimate of drug-likeness (QED) is 0.136. The standard InChI is InChI=1S/C13H9F17O2.3C3H6O2/c1-2(7(31)32)4(15)8(19,20)10(23,24)12(27,28)13(29,30)11(25,26)9(21,22)5(16)3(14)6(17)18;3*1-2-3(4)5/h2-6H,1H3,(H,31,32);3*2H2,1H3,(H,4,5). The zero-order valence-electron chi connectivity index (χ0n) is 23.9. The SMILES string of the molecule is CC(C(=O)O)C(F)C(F)(F)C(F)(F)C(F)(F)C(F)(F)C(F)(F)C(F)(F)C(F)C(F)C(F)F.CCC(=O)O.CCC(=O)O.CCC(=O)O. The van der Waals surface area contributed by atoms with Gasteiger partial charge in [0, 0.05) is 19.3 Å². The van der Waals surface area contributed by atoms with Gasteiger partial charge in [0.2, 0.25) is 6.17 Å². The molecular formula is C22H27F17O8. The lowest BCUT2D eigenvalue weighted by Gasteiger charge is -2.42. The highest BCUT2D eigenvalue weighted by Crippen LogP contribution is 2.62. The highest BCUT2D eigenvalue weighted by molar-refractivity contribution is 5.70. The summed E-state index contributed by atoms with van der Waals surface area (Å²) in [5.41, 5.74) is 0. The molecule has 0 rings (SSSR count). The van der Waals surface area contributed by atoms with Gasteiger partial charge in [-0.05, 0) is 6.92 Å². The first kappa shape index (κ1) is 50.5. The summed E-state index contributed by atoms with van der Waals surface area (Å²) in [6.07, 6.45) is -20.1. The number of aliphatic carboxylic acids is 4. The Labute approximate surface area is 252 Å². The van der Waals surface area contributed by atoms with E-state index in [-0.39, 0.29) is 26.2 Å². The lowest BCUT2D eigenvalue weighted by molar-refractivity contribution is -0.434. The van der Waals surface area contributed by atoms with Crippen LogP contribution in [-0.2, 0) is 19.2 Å². The van der Waals surface area contributed by atoms with Crippen LogP contribution in [-0.4, -0.2) is 105 Å². The Morgan fingerprint density at radius 2 is 0.702 bits per heavy atom. The number of carboxylic acid groups (broad SMARTS) is 4. The molecule has 0 radical (unpaired) electrons. The number of hydrogen-bond donors (Lipinski definition) is 4. The van der Waals surface area contributed by atoms with Gasteiger partial charge in [0.1, 0.15) is 0 Å². The molecule has 0 aliphatic rings. The fourth-order valence-electron chi connectivity index (χ4n) is 1.93. The van der Waals surface area contributed by atoms with Gasteiger partial charge in [0.05, 0.1) is 5.92 Å². The van der Waals surface area contributed by atoms with Crippen LogP contribution in [0.4, 0.5) is 74.6 Å². The Bertz CT molecular complexity index is 975. The summed E-state index contributed by atoms with van der Waals surface area (Å²) >= 11 is 0. The summed E-state index contributed by atoms with van der Waals surface area (Å²) in [6.45, 7) is 4.61. The van der Waals surface area contributed by atoms with E-state index < -0.39 is 90.3 Å². The van der Waals surface area contributed by atoms with Crippen LogP contribution in [0.1, 0.15) is 47.0 Å². The number of carbonyl (C=O) groups is 4. The van der Waals surface area contributed by atoms with Crippen LogP contribution in [0.3, 0.4) is 0 Å². The van der Waals surface area contributed by atoms with E-state index in [9.17, 15) is 93.8 Å². The van der Waals surface area contributed by atoms with Crippen molar-refractivity contribution >= 4 is 23.9 Å². The minimum atomic E-state index is -8.48. The highest BCUT2D eigenvalue weighted by atomic mass is 19.4. The van der Waals surface area contributed by atoms with Gasteiger partial charge in [0.25, 0.3) is 6.43 Å². The minimum Gasteiger partial charge on any atom is -0.481 e. The molecule has 0 saturated heterocycles. The highest BCUT2D eigenvalue weighted by Gasteiger charge is 2.92. The van der Waals surface area contributed by atoms with Gasteiger partial charge in [-0.2, -0.15) is 52.7 Å². The second-order valence-electron chi connectivity index (χ2n) is 8.49. The average Bonchev–Trinajstić information content (AvgIpc) is 2.95. The zero-order chi connectivity index (χ0) is 39.3. The van der Waals surface area contributed by atoms with Crippen LogP contribution in [0.15, 0.2) is 0 Å². The van der Waals surface area contributed by atoms with Gasteiger partial charge >= 0.3 is 59.4 Å². The summed E-state index contributed by atoms with van der Waals surface area (Å²) < 4.78 is 223. The maximum atomic E-state index is 13.5. The Hall–Kier alpha value is -3.31. The molecule has 0 aromatic rings. The average molecular weight is 742 g/mol. The number of rotatable bonds is 14. The van der Waals surface area contributed by atoms with Crippen molar-refractivity contribution in [2.75, 3.05) is 0 Å². The second kappa shape index (κ2) is 18.9. The van der Waals surface area contributed by atoms with Crippen molar-refractivity contribution < 1.29 is 114 Å². The van der Waals surface area contributed by atoms with E-state index in [1.165, 1.54) is 0 Å². The van der Waals surface area contributed by atoms with Crippen LogP contribution in [0.5, 0.6) is 0 Å². The fourth-order valence-corrected chi connectivity index (χ4v) is 1.93. The Morgan fingerprint density at radius 3 is 0.872 bits per heavy atom. The van der Waals surface area contributed by atoms with Gasteiger partial charge < -0.3 is 20.4 Å². The van der Waals surface area contributed by atoms with E-state index >= 15 is 0 Å². The lowest BCUT2D eigenvalue weighted by Crippen LogP contribution is -2.73. The zero-order valence-corrected chi connectivity index (χ0v) is 23.9. The lowest BCUT2D eigenvalue weighted by atomic mass is 9.86. The third-order valence-electron chi connectivity index (χ3n) is 4.97. The molecule has 0 aromatic heterocycles. The molecule has 25 heteroatoms. The number of hydrogen-bond acceptors (Lipinski definition) is 4. The smallest absolute Gasteiger partial charge is 0.384 e. The van der Waals surface area contributed by atoms with Gasteiger partial charge in [-0.3, -0.25) is 19.2 Å². The normalized spacial score (nSPS) is 15.3. The van der Waals surface area contributed by atoms with Gasteiger partial charge in [-0.1, -0.05) is 20.8 Å². The Balaban J connectivity index is -0.000000506. The topological polar surface area (TPSA) is 149 Å². The van der Waals surface area contributed by atoms with Crippen LogP contribution >= 0.6 is 0 Å². The molecule has 4 N–H and O–H groups in total. The monoisotopic (exact) mass is 742 g/mol. The molecule has 8 nitrogen and oxygen atoms in total. The Morgan fingerprint density at radius 1 is 0.489 bits per heavy atom. The molecule has 0 saturated carbocycles. The molecule has 47 heavy (non-hydrogen) atoms. The molecule has 0 aliphatic carbocycles. The van der Waals surface area contributed by atoms with Crippen molar-refractivity contribution in [2.45, 2.75) is 107 Å². The molecule has 0 fully saturated rings. The minimum absolute atomic E-state index is 0.185. The summed E-state index contributed by atoms with van der Waals surface area (Å²) in [7, 11) is 0. The van der Waals surface area contributed by atoms with Crippen molar-refractivity contribution in [3.05, 3.63) is 0 Å². The van der Waals surface area contributed by atoms with Crippen molar-refractivity contribution in [1.82, 2.24) is 0 Å². The third kappa shape index (κ3) is 12.3. The summed E-state index contributed by atoms with van der Waals surface area (Å²) in [4.78, 5) is 38.4. The predicted molar refractivity (Wildman–Crippen MR) is 121 cm³/mol. The molecular weight excluding hydrogens is 715 g/mol. The van der Waals surface area contributed by atoms with Gasteiger partial charge in [0.15, 0.2) is 12.3 Å². The first-order chi connectivity index (χ1) is 20.6.